The summed E-state index contributed by atoms with van der Waals surface area (Å²) in [7, 11) is 0. The smallest absolute Gasteiger partial charge is 0.255 e. The molecule has 0 saturated heterocycles. The van der Waals surface area contributed by atoms with E-state index in [1.54, 1.807) is 41.9 Å². The van der Waals surface area contributed by atoms with Crippen molar-refractivity contribution in [1.82, 2.24) is 10.3 Å². The number of thiophene rings is 1. The van der Waals surface area contributed by atoms with E-state index in [0.29, 0.717) is 17.1 Å². The lowest BCUT2D eigenvalue weighted by molar-refractivity contribution is 0.0937. The summed E-state index contributed by atoms with van der Waals surface area (Å²) in [6, 6.07) is 12.9. The van der Waals surface area contributed by atoms with Crippen molar-refractivity contribution in [3.8, 4) is 11.5 Å². The molecule has 1 atom stereocenters. The van der Waals surface area contributed by atoms with Crippen molar-refractivity contribution in [2.24, 2.45) is 0 Å². The van der Waals surface area contributed by atoms with Crippen LogP contribution in [0.2, 0.25) is 0 Å². The molecule has 128 valence electrons. The highest BCUT2D eigenvalue weighted by atomic mass is 32.1. The number of rotatable bonds is 5. The van der Waals surface area contributed by atoms with E-state index in [1.807, 2.05) is 25.1 Å². The first-order valence-electron chi connectivity index (χ1n) is 8.09. The van der Waals surface area contributed by atoms with E-state index in [1.165, 1.54) is 9.75 Å². The van der Waals surface area contributed by atoms with E-state index in [-0.39, 0.29) is 11.9 Å². The Morgan fingerprint density at radius 2 is 2.00 bits per heavy atom. The summed E-state index contributed by atoms with van der Waals surface area (Å²) in [6.45, 7) is 6.15. The van der Waals surface area contributed by atoms with Gasteiger partial charge in [0.05, 0.1) is 17.8 Å². The van der Waals surface area contributed by atoms with E-state index in [0.717, 1.165) is 5.56 Å². The van der Waals surface area contributed by atoms with Crippen LogP contribution < -0.4 is 10.1 Å². The second-order valence-electron chi connectivity index (χ2n) is 5.85. The van der Waals surface area contributed by atoms with Crippen LogP contribution >= 0.6 is 11.3 Å². The van der Waals surface area contributed by atoms with Gasteiger partial charge in [-0.05, 0) is 56.7 Å². The highest BCUT2D eigenvalue weighted by molar-refractivity contribution is 7.12. The quantitative estimate of drug-likeness (QED) is 0.699. The summed E-state index contributed by atoms with van der Waals surface area (Å²) in [6.07, 6.45) is 3.30. The van der Waals surface area contributed by atoms with Crippen molar-refractivity contribution in [1.29, 1.82) is 0 Å². The number of carbonyl (C=O) groups excluding carboxylic acids is 1. The van der Waals surface area contributed by atoms with Crippen molar-refractivity contribution in [3.05, 3.63) is 75.7 Å². The zero-order valence-electron chi connectivity index (χ0n) is 14.4. The molecule has 1 N–H and O–H groups in total. The lowest BCUT2D eigenvalue weighted by Crippen LogP contribution is -2.27. The van der Waals surface area contributed by atoms with Gasteiger partial charge in [0, 0.05) is 16.0 Å². The fraction of sp³-hybridized carbons (Fsp3) is 0.200. The zero-order valence-corrected chi connectivity index (χ0v) is 15.3. The molecule has 25 heavy (non-hydrogen) atoms. The minimum Gasteiger partial charge on any atom is -0.455 e. The molecule has 3 aromatic rings. The van der Waals surface area contributed by atoms with Gasteiger partial charge >= 0.3 is 0 Å². The number of para-hydroxylation sites is 1. The molecule has 1 amide bonds. The Morgan fingerprint density at radius 3 is 2.68 bits per heavy atom. The maximum Gasteiger partial charge on any atom is 0.255 e. The molecule has 0 radical (unpaired) electrons. The third-order valence-electron chi connectivity index (χ3n) is 3.89. The Balaban J connectivity index is 1.79. The zero-order chi connectivity index (χ0) is 17.8. The molecule has 0 saturated carbocycles. The Morgan fingerprint density at radius 1 is 1.20 bits per heavy atom. The minimum absolute atomic E-state index is 0.0658. The van der Waals surface area contributed by atoms with Crippen LogP contribution in [0.25, 0.3) is 0 Å². The van der Waals surface area contributed by atoms with E-state index in [9.17, 15) is 4.79 Å². The maximum absolute atomic E-state index is 12.8. The van der Waals surface area contributed by atoms with Gasteiger partial charge in [-0.1, -0.05) is 12.1 Å². The maximum atomic E-state index is 12.8. The molecule has 0 aliphatic rings. The molecule has 1 aromatic carbocycles. The van der Waals surface area contributed by atoms with Gasteiger partial charge in [0.25, 0.3) is 5.91 Å². The Kier molecular flexibility index (Phi) is 5.14. The molecule has 0 spiro atoms. The fourth-order valence-electron chi connectivity index (χ4n) is 2.71. The van der Waals surface area contributed by atoms with Crippen LogP contribution in [0.15, 0.2) is 54.9 Å². The van der Waals surface area contributed by atoms with Crippen LogP contribution in [0.5, 0.6) is 11.5 Å². The highest BCUT2D eigenvalue weighted by Crippen LogP contribution is 2.28. The molecule has 3 rings (SSSR count). The normalized spacial score (nSPS) is 11.8. The van der Waals surface area contributed by atoms with Gasteiger partial charge in [-0.25, -0.2) is 0 Å². The Labute approximate surface area is 151 Å². The van der Waals surface area contributed by atoms with Gasteiger partial charge in [-0.2, -0.15) is 0 Å². The number of amides is 1. The summed E-state index contributed by atoms with van der Waals surface area (Å²) >= 11 is 1.74. The molecule has 0 fully saturated rings. The van der Waals surface area contributed by atoms with Crippen LogP contribution in [0.1, 0.15) is 38.6 Å². The van der Waals surface area contributed by atoms with Crippen LogP contribution in [0, 0.1) is 13.8 Å². The van der Waals surface area contributed by atoms with Gasteiger partial charge in [-0.3, -0.25) is 9.78 Å². The van der Waals surface area contributed by atoms with Crippen LogP contribution in [-0.2, 0) is 0 Å². The van der Waals surface area contributed by atoms with Gasteiger partial charge in [-0.15, -0.1) is 11.3 Å². The molecule has 2 heterocycles. The molecule has 0 bridgehead atoms. The van der Waals surface area contributed by atoms with Gasteiger partial charge in [0.2, 0.25) is 0 Å². The van der Waals surface area contributed by atoms with Crippen LogP contribution in [0.3, 0.4) is 0 Å². The molecule has 0 aliphatic carbocycles. The van der Waals surface area contributed by atoms with Gasteiger partial charge < -0.3 is 10.1 Å². The van der Waals surface area contributed by atoms with Crippen LogP contribution in [-0.4, -0.2) is 10.9 Å². The molecule has 0 aliphatic heterocycles. The first kappa shape index (κ1) is 17.2. The Hall–Kier alpha value is -2.66. The van der Waals surface area contributed by atoms with Crippen molar-refractivity contribution in [3.63, 3.8) is 0 Å². The minimum atomic E-state index is -0.157. The number of hydrogen-bond acceptors (Lipinski definition) is 4. The molecule has 2 aromatic heterocycles. The first-order chi connectivity index (χ1) is 12.0. The predicted octanol–water partition coefficient (Wildman–Crippen LogP) is 5.04. The number of aryl methyl sites for hydroxylation is 2. The number of pyridine rings is 1. The first-order valence-corrected chi connectivity index (χ1v) is 8.91. The number of hydrogen-bond donors (Lipinski definition) is 1. The summed E-state index contributed by atoms with van der Waals surface area (Å²) < 4.78 is 5.82. The monoisotopic (exact) mass is 352 g/mol. The van der Waals surface area contributed by atoms with Crippen molar-refractivity contribution < 1.29 is 9.53 Å². The predicted molar refractivity (Wildman–Crippen MR) is 100 cm³/mol. The summed E-state index contributed by atoms with van der Waals surface area (Å²) in [5.74, 6) is 0.953. The van der Waals surface area contributed by atoms with Crippen LogP contribution in [0.4, 0.5) is 0 Å². The lowest BCUT2D eigenvalue weighted by Gasteiger charge is -2.16. The molecule has 4 nitrogen and oxygen atoms in total. The van der Waals surface area contributed by atoms with E-state index in [2.05, 4.69) is 30.2 Å². The number of nitrogens with one attached hydrogen (secondary N) is 1. The third kappa shape index (κ3) is 4.06. The number of carbonyl (C=O) groups is 1. The van der Waals surface area contributed by atoms with Crippen molar-refractivity contribution in [2.75, 3.05) is 0 Å². The number of ether oxygens (including phenoxy) is 1. The van der Waals surface area contributed by atoms with Gasteiger partial charge in [0.1, 0.15) is 11.5 Å². The second-order valence-corrected chi connectivity index (χ2v) is 7.31. The molecular weight excluding hydrogens is 332 g/mol. The standard InChI is InChI=1S/C20H20N2O2S/c1-13-11-18(15(3)25-13)14(2)22-20(23)17-8-4-5-9-19(17)24-16-7-6-10-21-12-16/h4-12,14H,1-3H3,(H,22,23)/t14-/m1/s1. The van der Waals surface area contributed by atoms with E-state index >= 15 is 0 Å². The second kappa shape index (κ2) is 7.49. The average Bonchev–Trinajstić information content (AvgIpc) is 2.94. The molecule has 0 unspecified atom stereocenters. The number of aromatic nitrogens is 1. The lowest BCUT2D eigenvalue weighted by atomic mass is 10.1. The summed E-state index contributed by atoms with van der Waals surface area (Å²) in [4.78, 5) is 19.3. The van der Waals surface area contributed by atoms with Gasteiger partial charge in [0.15, 0.2) is 0 Å². The number of nitrogens with zero attached hydrogens (tertiary/aromatic N) is 1. The van der Waals surface area contributed by atoms with E-state index < -0.39 is 0 Å². The van der Waals surface area contributed by atoms with E-state index in [4.69, 9.17) is 4.74 Å². The SMILES string of the molecule is Cc1cc([C@@H](C)NC(=O)c2ccccc2Oc2cccnc2)c(C)s1. The summed E-state index contributed by atoms with van der Waals surface area (Å²) in [5, 5.41) is 3.06. The highest BCUT2D eigenvalue weighted by Gasteiger charge is 2.18. The molecule has 5 heteroatoms. The summed E-state index contributed by atoms with van der Waals surface area (Å²) in [5.41, 5.74) is 1.66. The largest absolute Gasteiger partial charge is 0.455 e. The Bertz CT molecular complexity index is 874. The van der Waals surface area contributed by atoms with Crippen molar-refractivity contribution >= 4 is 17.2 Å². The van der Waals surface area contributed by atoms with Crippen molar-refractivity contribution in [2.45, 2.75) is 26.8 Å². The third-order valence-corrected chi connectivity index (χ3v) is 4.87. The molecular formula is C20H20N2O2S. The average molecular weight is 352 g/mol. The fourth-order valence-corrected chi connectivity index (χ4v) is 3.73. The number of benzene rings is 1. The topological polar surface area (TPSA) is 51.2 Å².